The van der Waals surface area contributed by atoms with Gasteiger partial charge < -0.3 is 10.0 Å². The number of carboxylic acids is 1. The van der Waals surface area contributed by atoms with Gasteiger partial charge in [-0.15, -0.1) is 0 Å². The molecule has 0 bridgehead atoms. The van der Waals surface area contributed by atoms with Crippen LogP contribution in [0.3, 0.4) is 0 Å². The third kappa shape index (κ3) is 5.19. The predicted molar refractivity (Wildman–Crippen MR) is 112 cm³/mol. The molecule has 34 heavy (non-hydrogen) atoms. The lowest BCUT2D eigenvalue weighted by molar-refractivity contribution is -0.138. The van der Waals surface area contributed by atoms with Crippen molar-refractivity contribution in [1.82, 2.24) is 0 Å². The Balaban J connectivity index is 0.000000191. The fourth-order valence-electron chi connectivity index (χ4n) is 3.73. The standard InChI is InChI=1S/C11H8ClF2NO2.C11H9F2NO3/c12-11(17)9-3-4-10(16)15(9)6-1-2-7(13)8(14)5-6;12-7-2-1-6(5-8(7)13)14-9(11(16)17)3-4-10(14)15/h1-2,5,9H,3-4H2;1-2,5,9H,3-4H2,(H,16,17)/t2*9-/m00/s1. The van der Waals surface area contributed by atoms with Crippen molar-refractivity contribution in [2.24, 2.45) is 0 Å². The number of nitrogens with zero attached hydrogens (tertiary/aromatic N) is 2. The third-order valence-corrected chi connectivity index (χ3v) is 5.59. The largest absolute Gasteiger partial charge is 0.480 e. The monoisotopic (exact) mass is 500 g/mol. The topological polar surface area (TPSA) is 95.0 Å². The maximum absolute atomic E-state index is 13.1. The quantitative estimate of drug-likeness (QED) is 0.509. The van der Waals surface area contributed by atoms with Crippen LogP contribution in [0.25, 0.3) is 0 Å². The number of halogens is 5. The zero-order chi connectivity index (χ0) is 25.2. The van der Waals surface area contributed by atoms with Crippen LogP contribution in [0, 0.1) is 23.3 Å². The zero-order valence-corrected chi connectivity index (χ0v) is 18.1. The number of aliphatic carboxylic acids is 1. The third-order valence-electron chi connectivity index (χ3n) is 5.33. The maximum Gasteiger partial charge on any atom is 0.326 e. The summed E-state index contributed by atoms with van der Waals surface area (Å²) >= 11 is 5.36. The van der Waals surface area contributed by atoms with Gasteiger partial charge in [0.05, 0.1) is 0 Å². The summed E-state index contributed by atoms with van der Waals surface area (Å²) in [6, 6.07) is 4.12. The molecule has 2 aliphatic heterocycles. The first kappa shape index (κ1) is 25.2. The van der Waals surface area contributed by atoms with E-state index in [9.17, 15) is 36.7 Å². The fraction of sp³-hybridized carbons (Fsp3) is 0.273. The van der Waals surface area contributed by atoms with Crippen molar-refractivity contribution in [2.45, 2.75) is 37.8 Å². The number of carbonyl (C=O) groups excluding carboxylic acids is 3. The second-order valence-corrected chi connectivity index (χ2v) is 7.85. The average Bonchev–Trinajstić information content (AvgIpc) is 3.35. The molecule has 12 heteroatoms. The normalized spacial score (nSPS) is 19.8. The molecule has 2 saturated heterocycles. The number of hydrogen-bond acceptors (Lipinski definition) is 4. The van der Waals surface area contributed by atoms with E-state index in [0.717, 1.165) is 34.1 Å². The summed E-state index contributed by atoms with van der Waals surface area (Å²) in [5.74, 6) is -6.09. The molecule has 180 valence electrons. The average molecular weight is 501 g/mol. The van der Waals surface area contributed by atoms with Gasteiger partial charge in [-0.2, -0.15) is 0 Å². The van der Waals surface area contributed by atoms with Gasteiger partial charge in [0.15, 0.2) is 23.3 Å². The molecular weight excluding hydrogens is 484 g/mol. The van der Waals surface area contributed by atoms with Gasteiger partial charge in [-0.05, 0) is 48.7 Å². The van der Waals surface area contributed by atoms with Crippen molar-refractivity contribution >= 4 is 46.0 Å². The molecule has 0 aliphatic carbocycles. The van der Waals surface area contributed by atoms with E-state index in [1.165, 1.54) is 12.1 Å². The van der Waals surface area contributed by atoms with Crippen LogP contribution in [-0.2, 0) is 19.2 Å². The highest BCUT2D eigenvalue weighted by atomic mass is 35.5. The van der Waals surface area contributed by atoms with Gasteiger partial charge in [0.25, 0.3) is 0 Å². The lowest BCUT2D eigenvalue weighted by Crippen LogP contribution is -2.38. The molecule has 0 unspecified atom stereocenters. The Morgan fingerprint density at radius 1 is 0.765 bits per heavy atom. The van der Waals surface area contributed by atoms with Gasteiger partial charge in [-0.25, -0.2) is 22.4 Å². The van der Waals surface area contributed by atoms with Crippen molar-refractivity contribution in [1.29, 1.82) is 0 Å². The second kappa shape index (κ2) is 10.2. The molecule has 2 aromatic carbocycles. The van der Waals surface area contributed by atoms with Crippen molar-refractivity contribution in [2.75, 3.05) is 9.80 Å². The summed E-state index contributed by atoms with van der Waals surface area (Å²) in [4.78, 5) is 47.3. The number of carbonyl (C=O) groups is 4. The van der Waals surface area contributed by atoms with E-state index in [2.05, 4.69) is 0 Å². The molecule has 0 saturated carbocycles. The van der Waals surface area contributed by atoms with Crippen LogP contribution in [0.4, 0.5) is 28.9 Å². The van der Waals surface area contributed by atoms with Crippen LogP contribution < -0.4 is 9.80 Å². The summed E-state index contributed by atoms with van der Waals surface area (Å²) in [6.45, 7) is 0. The van der Waals surface area contributed by atoms with E-state index >= 15 is 0 Å². The predicted octanol–water partition coefficient (Wildman–Crippen LogP) is 3.77. The van der Waals surface area contributed by atoms with Gasteiger partial charge >= 0.3 is 5.97 Å². The summed E-state index contributed by atoms with van der Waals surface area (Å²) in [7, 11) is 0. The Morgan fingerprint density at radius 2 is 1.18 bits per heavy atom. The van der Waals surface area contributed by atoms with Gasteiger partial charge in [0.2, 0.25) is 17.1 Å². The Kier molecular flexibility index (Phi) is 7.55. The van der Waals surface area contributed by atoms with E-state index in [1.54, 1.807) is 0 Å². The number of hydrogen-bond donors (Lipinski definition) is 1. The molecule has 0 aromatic heterocycles. The van der Waals surface area contributed by atoms with E-state index < -0.39 is 52.5 Å². The molecule has 7 nitrogen and oxygen atoms in total. The van der Waals surface area contributed by atoms with E-state index in [-0.39, 0.29) is 36.5 Å². The molecule has 1 N–H and O–H groups in total. The van der Waals surface area contributed by atoms with Crippen molar-refractivity contribution in [3.8, 4) is 0 Å². The Labute approximate surface area is 195 Å². The number of carboxylic acid groups (broad SMARTS) is 1. The summed E-state index contributed by atoms with van der Waals surface area (Å²) in [5.41, 5.74) is 0.212. The van der Waals surface area contributed by atoms with Crippen LogP contribution in [0.15, 0.2) is 36.4 Å². The van der Waals surface area contributed by atoms with Crippen LogP contribution in [0.5, 0.6) is 0 Å². The second-order valence-electron chi connectivity index (χ2n) is 7.48. The lowest BCUT2D eigenvalue weighted by Gasteiger charge is -2.21. The molecule has 2 fully saturated rings. The highest BCUT2D eigenvalue weighted by Gasteiger charge is 2.38. The van der Waals surface area contributed by atoms with Crippen LogP contribution in [0.1, 0.15) is 25.7 Å². The van der Waals surface area contributed by atoms with Crippen molar-refractivity contribution < 1.29 is 41.8 Å². The molecule has 2 atom stereocenters. The molecular formula is C22H17ClF4N2O5. The zero-order valence-electron chi connectivity index (χ0n) is 17.3. The molecule has 2 aromatic rings. The highest BCUT2D eigenvalue weighted by Crippen LogP contribution is 2.29. The van der Waals surface area contributed by atoms with Crippen LogP contribution >= 0.6 is 11.6 Å². The summed E-state index contributed by atoms with van der Waals surface area (Å²) in [6.07, 6.45) is 0.728. The Bertz CT molecular complexity index is 1070. The number of benzene rings is 2. The highest BCUT2D eigenvalue weighted by molar-refractivity contribution is 6.65. The molecule has 2 heterocycles. The number of amides is 2. The minimum atomic E-state index is -1.15. The van der Waals surface area contributed by atoms with Crippen LogP contribution in [-0.4, -0.2) is 40.2 Å². The molecule has 2 amide bonds. The number of rotatable bonds is 4. The van der Waals surface area contributed by atoms with E-state index in [1.807, 2.05) is 0 Å². The minimum absolute atomic E-state index is 0.0683. The summed E-state index contributed by atoms with van der Waals surface area (Å²) < 4.78 is 51.6. The fourth-order valence-corrected chi connectivity index (χ4v) is 3.94. The Hall–Kier alpha value is -3.47. The van der Waals surface area contributed by atoms with E-state index in [4.69, 9.17) is 16.7 Å². The maximum atomic E-state index is 13.1. The van der Waals surface area contributed by atoms with Gasteiger partial charge in [0, 0.05) is 36.3 Å². The summed E-state index contributed by atoms with van der Waals surface area (Å²) in [5, 5.41) is 8.24. The van der Waals surface area contributed by atoms with E-state index in [0.29, 0.717) is 6.42 Å². The lowest BCUT2D eigenvalue weighted by atomic mass is 10.2. The number of anilines is 2. The smallest absolute Gasteiger partial charge is 0.326 e. The first-order chi connectivity index (χ1) is 16.0. The van der Waals surface area contributed by atoms with Gasteiger partial charge in [-0.1, -0.05) is 0 Å². The Morgan fingerprint density at radius 3 is 1.56 bits per heavy atom. The molecule has 2 aliphatic rings. The molecule has 4 rings (SSSR count). The minimum Gasteiger partial charge on any atom is -0.480 e. The van der Waals surface area contributed by atoms with Crippen LogP contribution in [0.2, 0.25) is 0 Å². The molecule has 0 radical (unpaired) electrons. The molecule has 0 spiro atoms. The first-order valence-corrected chi connectivity index (χ1v) is 10.4. The first-order valence-electron chi connectivity index (χ1n) is 9.97. The van der Waals surface area contributed by atoms with Gasteiger partial charge in [-0.3, -0.25) is 19.3 Å². The van der Waals surface area contributed by atoms with Gasteiger partial charge in [0.1, 0.15) is 12.1 Å². The SMILES string of the molecule is O=C(Cl)[C@@H]1CCC(=O)N1c1ccc(F)c(F)c1.O=C(O)[C@@H]1CCC(=O)N1c1ccc(F)c(F)c1. The van der Waals surface area contributed by atoms with Crippen molar-refractivity contribution in [3.05, 3.63) is 59.7 Å². The van der Waals surface area contributed by atoms with Crippen molar-refractivity contribution in [3.63, 3.8) is 0 Å².